The Kier molecular flexibility index (Phi) is 6.58. The largest absolute Gasteiger partial charge is 0.355 e. The number of Topliss-reactive ketones (excluding diaryl/α,β-unsaturated/α-hetero) is 1. The van der Waals surface area contributed by atoms with Crippen LogP contribution in [0.15, 0.2) is 82.7 Å². The van der Waals surface area contributed by atoms with Gasteiger partial charge in [-0.05, 0) is 67.8 Å². The highest BCUT2D eigenvalue weighted by Gasteiger charge is 2.51. The van der Waals surface area contributed by atoms with Crippen LogP contribution in [0.4, 0.5) is 10.1 Å². The second-order valence-electron chi connectivity index (χ2n) is 9.53. The number of carbonyl (C=O) groups excluding carboxylic acids is 1. The van der Waals surface area contributed by atoms with E-state index in [1.807, 2.05) is 6.08 Å². The summed E-state index contributed by atoms with van der Waals surface area (Å²) in [6.07, 6.45) is 6.42. The fraction of sp³-hybridized carbons (Fsp3) is 0.259. The van der Waals surface area contributed by atoms with E-state index >= 15 is 0 Å². The van der Waals surface area contributed by atoms with Crippen molar-refractivity contribution in [2.75, 3.05) is 18.4 Å². The van der Waals surface area contributed by atoms with Gasteiger partial charge in [0.1, 0.15) is 16.4 Å². The third-order valence-electron chi connectivity index (χ3n) is 7.06. The number of pyridine rings is 1. The number of ketones is 1. The number of anilines is 1. The van der Waals surface area contributed by atoms with E-state index < -0.39 is 15.4 Å². The Balaban J connectivity index is 1.58. The number of carbonyl (C=O) groups is 1. The van der Waals surface area contributed by atoms with Gasteiger partial charge in [-0.15, -0.1) is 0 Å². The molecule has 9 nitrogen and oxygen atoms in total. The molecule has 2 N–H and O–H groups in total. The monoisotopic (exact) mass is 534 g/mol. The average molecular weight is 535 g/mol. The quantitative estimate of drug-likeness (QED) is 0.351. The zero-order valence-corrected chi connectivity index (χ0v) is 21.8. The summed E-state index contributed by atoms with van der Waals surface area (Å²) in [6, 6.07) is 10.9. The summed E-state index contributed by atoms with van der Waals surface area (Å²) in [7, 11) is -2.28. The van der Waals surface area contributed by atoms with Gasteiger partial charge in [-0.2, -0.15) is 9.40 Å². The van der Waals surface area contributed by atoms with Crippen LogP contribution in [0.3, 0.4) is 0 Å². The van der Waals surface area contributed by atoms with Crippen molar-refractivity contribution in [3.8, 4) is 0 Å². The average Bonchev–Trinajstić information content (AvgIpc) is 3.27. The molecule has 5 rings (SSSR count). The second-order valence-corrected chi connectivity index (χ2v) is 11.4. The molecule has 2 aliphatic rings. The molecule has 0 bridgehead atoms. The summed E-state index contributed by atoms with van der Waals surface area (Å²) in [5, 5.41) is 15.5. The highest BCUT2D eigenvalue weighted by Crippen LogP contribution is 2.47. The molecule has 1 aliphatic heterocycles. The molecule has 0 amide bonds. The topological polar surface area (TPSA) is 121 Å². The van der Waals surface area contributed by atoms with Gasteiger partial charge in [0.2, 0.25) is 10.0 Å². The molecule has 3 aromatic rings. The van der Waals surface area contributed by atoms with Crippen LogP contribution in [0, 0.1) is 23.6 Å². The Hall–Kier alpha value is -3.96. The molecule has 0 radical (unpaired) electrons. The first kappa shape index (κ1) is 25.7. The summed E-state index contributed by atoms with van der Waals surface area (Å²) in [5.74, 6) is -0.663. The maximum Gasteiger partial charge on any atom is 0.246 e. The van der Waals surface area contributed by atoms with E-state index in [0.29, 0.717) is 29.1 Å². The summed E-state index contributed by atoms with van der Waals surface area (Å²) in [5.41, 5.74) is 1.91. The van der Waals surface area contributed by atoms with Crippen molar-refractivity contribution in [2.24, 2.45) is 12.5 Å². The number of nitrogens with zero attached hydrogens (tertiary/aromatic N) is 4. The molecule has 11 heteroatoms. The number of allylic oxidation sites excluding steroid dienone is 2. The van der Waals surface area contributed by atoms with Crippen molar-refractivity contribution in [2.45, 2.75) is 24.7 Å². The number of sulfonamides is 1. The summed E-state index contributed by atoms with van der Waals surface area (Å²) < 4.78 is 43.6. The number of fused-ring (bicyclic) bond motifs is 1. The van der Waals surface area contributed by atoms with Crippen molar-refractivity contribution in [1.82, 2.24) is 19.1 Å². The number of nitrogens with one attached hydrogen (secondary N) is 2. The van der Waals surface area contributed by atoms with E-state index in [4.69, 9.17) is 5.41 Å². The first-order valence-corrected chi connectivity index (χ1v) is 13.5. The molecule has 1 aliphatic carbocycles. The van der Waals surface area contributed by atoms with Gasteiger partial charge in [0.05, 0.1) is 11.1 Å². The Morgan fingerprint density at radius 3 is 2.61 bits per heavy atom. The molecule has 0 unspecified atom stereocenters. The molecular formula is C27H27FN6O3S. The number of aryl methyl sites for hydroxylation is 2. The lowest BCUT2D eigenvalue weighted by Crippen LogP contribution is -2.52. The van der Waals surface area contributed by atoms with Crippen LogP contribution in [0.5, 0.6) is 0 Å². The van der Waals surface area contributed by atoms with Crippen molar-refractivity contribution in [3.63, 3.8) is 0 Å². The van der Waals surface area contributed by atoms with Crippen LogP contribution in [-0.2, 0) is 17.1 Å². The third-order valence-corrected chi connectivity index (χ3v) is 9.01. The number of benzene rings is 1. The number of aromatic nitrogens is 3. The molecule has 1 atom stereocenters. The lowest BCUT2D eigenvalue weighted by atomic mass is 9.65. The molecule has 3 heterocycles. The van der Waals surface area contributed by atoms with Crippen LogP contribution < -0.4 is 5.32 Å². The minimum Gasteiger partial charge on any atom is -0.355 e. The van der Waals surface area contributed by atoms with Crippen molar-refractivity contribution in [3.05, 3.63) is 95.0 Å². The minimum absolute atomic E-state index is 0.0912. The number of halogens is 1. The normalized spacial score (nSPS) is 20.0. The molecule has 38 heavy (non-hydrogen) atoms. The first-order valence-electron chi connectivity index (χ1n) is 12.1. The van der Waals surface area contributed by atoms with E-state index in [9.17, 15) is 17.6 Å². The van der Waals surface area contributed by atoms with Gasteiger partial charge in [0.25, 0.3) is 0 Å². The van der Waals surface area contributed by atoms with E-state index in [1.54, 1.807) is 44.3 Å². The molecule has 1 fully saturated rings. The highest BCUT2D eigenvalue weighted by atomic mass is 32.2. The minimum atomic E-state index is -3.94. The van der Waals surface area contributed by atoms with Crippen LogP contribution in [-0.4, -0.2) is 52.6 Å². The summed E-state index contributed by atoms with van der Waals surface area (Å²) >= 11 is 0. The van der Waals surface area contributed by atoms with Gasteiger partial charge >= 0.3 is 0 Å². The van der Waals surface area contributed by atoms with Crippen LogP contribution >= 0.6 is 0 Å². The number of hydrogen-bond acceptors (Lipinski definition) is 7. The Morgan fingerprint density at radius 2 is 1.97 bits per heavy atom. The SMILES string of the molecule is Cc1nn(C)cc1S(=O)(=O)N1CCC2=CC(Nc3ccc(F)cc3)=C(C=N)C[C@]2(C(=O)c2ccccn2)C1. The van der Waals surface area contributed by atoms with Gasteiger partial charge in [0.15, 0.2) is 5.78 Å². The van der Waals surface area contributed by atoms with Gasteiger partial charge in [-0.3, -0.25) is 14.5 Å². The second kappa shape index (κ2) is 9.73. The van der Waals surface area contributed by atoms with Gasteiger partial charge in [0, 0.05) is 50.1 Å². The van der Waals surface area contributed by atoms with Gasteiger partial charge in [-0.1, -0.05) is 11.6 Å². The number of piperidine rings is 1. The Labute approximate surface area is 220 Å². The zero-order chi connectivity index (χ0) is 27.1. The standard InChI is InChI=1S/C27H27FN6O3S/c1-18-25(16-33(2)32-18)38(36,37)34-12-10-20-13-24(31-22-8-6-21(28)7-9-22)19(15-29)14-27(20,17-34)26(35)23-5-3-4-11-30-23/h3-9,11,13,15-16,29,31H,10,12,14,17H2,1-2H3/t27-/m0/s1. The number of hydrogen-bond donors (Lipinski definition) is 2. The van der Waals surface area contributed by atoms with Crippen molar-refractivity contribution < 1.29 is 17.6 Å². The Morgan fingerprint density at radius 1 is 1.21 bits per heavy atom. The maximum absolute atomic E-state index is 14.1. The molecule has 1 aromatic carbocycles. The molecule has 1 saturated heterocycles. The van der Waals surface area contributed by atoms with E-state index in [-0.39, 0.29) is 41.7 Å². The van der Waals surface area contributed by atoms with Crippen LogP contribution in [0.25, 0.3) is 0 Å². The van der Waals surface area contributed by atoms with Crippen molar-refractivity contribution in [1.29, 1.82) is 5.41 Å². The zero-order valence-electron chi connectivity index (χ0n) is 21.0. The molecule has 0 saturated carbocycles. The lowest BCUT2D eigenvalue weighted by molar-refractivity contribution is 0.0770. The molecular weight excluding hydrogens is 507 g/mol. The van der Waals surface area contributed by atoms with E-state index in [2.05, 4.69) is 15.4 Å². The molecule has 0 spiro atoms. The smallest absolute Gasteiger partial charge is 0.246 e. The van der Waals surface area contributed by atoms with E-state index in [1.165, 1.54) is 39.7 Å². The van der Waals surface area contributed by atoms with Crippen LogP contribution in [0.2, 0.25) is 0 Å². The van der Waals surface area contributed by atoms with Crippen LogP contribution in [0.1, 0.15) is 29.0 Å². The fourth-order valence-corrected chi connectivity index (χ4v) is 6.88. The van der Waals surface area contributed by atoms with E-state index in [0.717, 1.165) is 5.57 Å². The first-order chi connectivity index (χ1) is 18.1. The van der Waals surface area contributed by atoms with Crippen molar-refractivity contribution >= 4 is 27.7 Å². The maximum atomic E-state index is 14.1. The highest BCUT2D eigenvalue weighted by molar-refractivity contribution is 7.89. The summed E-state index contributed by atoms with van der Waals surface area (Å²) in [4.78, 5) is 18.5. The van der Waals surface area contributed by atoms with Gasteiger partial charge in [-0.25, -0.2) is 12.8 Å². The fourth-order valence-electron chi connectivity index (χ4n) is 5.18. The predicted octanol–water partition coefficient (Wildman–Crippen LogP) is 3.87. The Bertz CT molecular complexity index is 1580. The summed E-state index contributed by atoms with van der Waals surface area (Å²) in [6.45, 7) is 1.73. The lowest BCUT2D eigenvalue weighted by Gasteiger charge is -2.45. The third kappa shape index (κ3) is 4.48. The van der Waals surface area contributed by atoms with Gasteiger partial charge < -0.3 is 10.7 Å². The molecule has 196 valence electrons. The molecule has 2 aromatic heterocycles. The number of rotatable bonds is 7. The predicted molar refractivity (Wildman–Crippen MR) is 141 cm³/mol.